The minimum Gasteiger partial charge on any atom is -0.301 e. The molecule has 2 aromatic rings. The summed E-state index contributed by atoms with van der Waals surface area (Å²) in [5.41, 5.74) is -2.08. The van der Waals surface area contributed by atoms with Gasteiger partial charge in [-0.2, -0.15) is 26.3 Å². The highest BCUT2D eigenvalue weighted by molar-refractivity contribution is 5.85. The Morgan fingerprint density at radius 1 is 0.861 bits per heavy atom. The number of alkyl halides is 6. The number of halogens is 6. The van der Waals surface area contributed by atoms with Crippen LogP contribution in [0, 0.1) is 5.92 Å². The highest BCUT2D eigenvalue weighted by atomic mass is 19.4. The highest BCUT2D eigenvalue weighted by Crippen LogP contribution is 2.37. The number of carbonyl (C=O) groups excluding carboxylic acids is 1. The first-order valence-electron chi connectivity index (χ1n) is 12.3. The van der Waals surface area contributed by atoms with E-state index in [1.165, 1.54) is 19.3 Å². The van der Waals surface area contributed by atoms with Crippen LogP contribution >= 0.6 is 0 Å². The summed E-state index contributed by atoms with van der Waals surface area (Å²) < 4.78 is 79.3. The lowest BCUT2D eigenvalue weighted by Crippen LogP contribution is -2.49. The van der Waals surface area contributed by atoms with Crippen molar-refractivity contribution in [2.24, 2.45) is 5.92 Å². The molecule has 4 rings (SSSR count). The second-order valence-electron chi connectivity index (χ2n) is 9.80. The smallest absolute Gasteiger partial charge is 0.301 e. The molecule has 2 fully saturated rings. The molecule has 9 heteroatoms. The summed E-state index contributed by atoms with van der Waals surface area (Å²) in [6.07, 6.45) is -6.37. The minimum absolute atomic E-state index is 0.112. The van der Waals surface area contributed by atoms with Crippen LogP contribution in [0.5, 0.6) is 0 Å². The summed E-state index contributed by atoms with van der Waals surface area (Å²) in [5.74, 6) is 0.633. The number of ketones is 1. The molecule has 1 atom stereocenters. The number of nitrogens with zero attached hydrogens (tertiary/aromatic N) is 2. The topological polar surface area (TPSA) is 23.6 Å². The van der Waals surface area contributed by atoms with Crippen LogP contribution in [0.4, 0.5) is 26.3 Å². The van der Waals surface area contributed by atoms with Gasteiger partial charge in [0.1, 0.15) is 0 Å². The minimum atomic E-state index is -4.91. The van der Waals surface area contributed by atoms with E-state index in [2.05, 4.69) is 9.80 Å². The molecule has 2 aromatic carbocycles. The van der Waals surface area contributed by atoms with E-state index in [1.54, 1.807) is 0 Å². The fourth-order valence-corrected chi connectivity index (χ4v) is 4.82. The molecule has 0 spiro atoms. The van der Waals surface area contributed by atoms with Gasteiger partial charge in [-0.25, -0.2) is 0 Å². The van der Waals surface area contributed by atoms with Crippen molar-refractivity contribution in [2.75, 3.05) is 32.7 Å². The maximum Gasteiger partial charge on any atom is 0.416 e. The molecule has 0 bridgehead atoms. The molecule has 0 N–H and O–H groups in total. The average molecular weight is 513 g/mol. The lowest BCUT2D eigenvalue weighted by Gasteiger charge is -2.39. The molecule has 2 aliphatic rings. The molecule has 1 saturated carbocycles. The number of Topliss-reactive ketones (excluding diaryl/α,β-unsaturated/α-hetero) is 1. The van der Waals surface area contributed by atoms with Crippen LogP contribution in [0.3, 0.4) is 0 Å². The van der Waals surface area contributed by atoms with Crippen LogP contribution in [0.1, 0.15) is 54.0 Å². The van der Waals surface area contributed by atoms with E-state index >= 15 is 0 Å². The van der Waals surface area contributed by atoms with Gasteiger partial charge in [-0.05, 0) is 54.6 Å². The van der Waals surface area contributed by atoms with Gasteiger partial charge < -0.3 is 4.90 Å². The Hall–Kier alpha value is -2.39. The standard InChI is InChI=1S/C27H30F6N2O/c28-26(29,30)22-16-20(17-23(18-22)27(31,32)33)8-9-24(36)25(21-4-2-1-3-5-21)35-14-12-34(13-15-35)11-10-19-6-7-19/h1-5,16-19,25H,6-15H2. The SMILES string of the molecule is O=C(CCc1cc(C(F)(F)F)cc(C(F)(F)F)c1)C(c1ccccc1)N1CCN(CCC2CC2)CC1. The van der Waals surface area contributed by atoms with Crippen LogP contribution < -0.4 is 0 Å². The van der Waals surface area contributed by atoms with Crippen molar-refractivity contribution in [3.05, 3.63) is 70.8 Å². The van der Waals surface area contributed by atoms with Crippen molar-refractivity contribution in [3.8, 4) is 0 Å². The van der Waals surface area contributed by atoms with Gasteiger partial charge in [0.15, 0.2) is 5.78 Å². The van der Waals surface area contributed by atoms with Gasteiger partial charge in [-0.15, -0.1) is 0 Å². The zero-order chi connectivity index (χ0) is 25.9. The Morgan fingerprint density at radius 2 is 1.44 bits per heavy atom. The van der Waals surface area contributed by atoms with E-state index in [1.807, 2.05) is 30.3 Å². The van der Waals surface area contributed by atoms with Crippen molar-refractivity contribution >= 4 is 5.78 Å². The molecule has 196 valence electrons. The maximum absolute atomic E-state index is 13.4. The molecular weight excluding hydrogens is 482 g/mol. The molecule has 1 aliphatic heterocycles. The largest absolute Gasteiger partial charge is 0.416 e. The molecule has 0 amide bonds. The molecule has 0 radical (unpaired) electrons. The van der Waals surface area contributed by atoms with Gasteiger partial charge in [0.05, 0.1) is 17.2 Å². The van der Waals surface area contributed by atoms with Gasteiger partial charge in [0.2, 0.25) is 0 Å². The quantitative estimate of drug-likeness (QED) is 0.364. The maximum atomic E-state index is 13.4. The zero-order valence-corrected chi connectivity index (χ0v) is 19.9. The van der Waals surface area contributed by atoms with E-state index in [4.69, 9.17) is 0 Å². The van der Waals surface area contributed by atoms with Gasteiger partial charge in [0, 0.05) is 32.6 Å². The Kier molecular flexibility index (Phi) is 8.09. The summed E-state index contributed by atoms with van der Waals surface area (Å²) in [7, 11) is 0. The lowest BCUT2D eigenvalue weighted by molar-refractivity contribution is -0.143. The molecule has 1 heterocycles. The average Bonchev–Trinajstić information content (AvgIpc) is 3.66. The summed E-state index contributed by atoms with van der Waals surface area (Å²) in [4.78, 5) is 17.9. The van der Waals surface area contributed by atoms with Gasteiger partial charge in [0.25, 0.3) is 0 Å². The number of carbonyl (C=O) groups is 1. The molecular formula is C27H30F6N2O. The predicted octanol–water partition coefficient (Wildman–Crippen LogP) is 6.38. The third-order valence-electron chi connectivity index (χ3n) is 7.05. The summed E-state index contributed by atoms with van der Waals surface area (Å²) in [6.45, 7) is 4.05. The van der Waals surface area contributed by atoms with E-state index in [-0.39, 0.29) is 30.3 Å². The van der Waals surface area contributed by atoms with Gasteiger partial charge in [-0.3, -0.25) is 9.69 Å². The van der Waals surface area contributed by atoms with Crippen LogP contribution in [-0.4, -0.2) is 48.3 Å². The van der Waals surface area contributed by atoms with Crippen LogP contribution in [0.2, 0.25) is 0 Å². The lowest BCUT2D eigenvalue weighted by atomic mass is 9.94. The summed E-state index contributed by atoms with van der Waals surface area (Å²) in [6, 6.07) is 10.1. The number of piperazine rings is 1. The first-order chi connectivity index (χ1) is 17.0. The molecule has 1 unspecified atom stereocenters. The van der Waals surface area contributed by atoms with Crippen LogP contribution in [-0.2, 0) is 23.6 Å². The third-order valence-corrected chi connectivity index (χ3v) is 7.05. The van der Waals surface area contributed by atoms with Crippen LogP contribution in [0.15, 0.2) is 48.5 Å². The first-order valence-corrected chi connectivity index (χ1v) is 12.3. The third kappa shape index (κ3) is 7.09. The van der Waals surface area contributed by atoms with Crippen LogP contribution in [0.25, 0.3) is 0 Å². The second-order valence-corrected chi connectivity index (χ2v) is 9.80. The highest BCUT2D eigenvalue weighted by Gasteiger charge is 2.37. The van der Waals surface area contributed by atoms with Crippen molar-refractivity contribution in [1.29, 1.82) is 0 Å². The molecule has 36 heavy (non-hydrogen) atoms. The van der Waals surface area contributed by atoms with E-state index < -0.39 is 29.5 Å². The summed E-state index contributed by atoms with van der Waals surface area (Å²) in [5, 5.41) is 0. The number of aryl methyl sites for hydroxylation is 1. The molecule has 0 aromatic heterocycles. The van der Waals surface area contributed by atoms with Crippen molar-refractivity contribution in [1.82, 2.24) is 9.80 Å². The Morgan fingerprint density at radius 3 is 1.97 bits per heavy atom. The first kappa shape index (κ1) is 26.7. The summed E-state index contributed by atoms with van der Waals surface area (Å²) >= 11 is 0. The van der Waals surface area contributed by atoms with Gasteiger partial charge >= 0.3 is 12.4 Å². The number of hydrogen-bond acceptors (Lipinski definition) is 3. The van der Waals surface area contributed by atoms with E-state index in [9.17, 15) is 31.1 Å². The fraction of sp³-hybridized carbons (Fsp3) is 0.519. The molecule has 1 saturated heterocycles. The van der Waals surface area contributed by atoms with Crippen molar-refractivity contribution in [3.63, 3.8) is 0 Å². The molecule has 3 nitrogen and oxygen atoms in total. The monoisotopic (exact) mass is 512 g/mol. The van der Waals surface area contributed by atoms with Crippen molar-refractivity contribution in [2.45, 2.75) is 50.5 Å². The number of rotatable bonds is 9. The zero-order valence-electron chi connectivity index (χ0n) is 19.9. The van der Waals surface area contributed by atoms with E-state index in [0.29, 0.717) is 25.2 Å². The Labute approximate surface area is 207 Å². The Balaban J connectivity index is 1.47. The van der Waals surface area contributed by atoms with E-state index in [0.717, 1.165) is 31.1 Å². The van der Waals surface area contributed by atoms with Gasteiger partial charge in [-0.1, -0.05) is 43.2 Å². The normalized spacial score (nSPS) is 18.8. The number of hydrogen-bond donors (Lipinski definition) is 0. The second kappa shape index (κ2) is 10.9. The predicted molar refractivity (Wildman–Crippen MR) is 124 cm³/mol. The molecule has 1 aliphatic carbocycles. The van der Waals surface area contributed by atoms with Crippen molar-refractivity contribution < 1.29 is 31.1 Å². The Bertz CT molecular complexity index is 993. The fourth-order valence-electron chi connectivity index (χ4n) is 4.82. The number of benzene rings is 2.